The van der Waals surface area contributed by atoms with Gasteiger partial charge in [0, 0.05) is 15.6 Å². The molecule has 0 bridgehead atoms. The van der Waals surface area contributed by atoms with Gasteiger partial charge in [-0.3, -0.25) is 0 Å². The van der Waals surface area contributed by atoms with Crippen LogP contribution in [0.15, 0.2) is 18.2 Å². The summed E-state index contributed by atoms with van der Waals surface area (Å²) in [6, 6.07) is 3.80. The van der Waals surface area contributed by atoms with E-state index in [2.05, 4.69) is 0 Å². The summed E-state index contributed by atoms with van der Waals surface area (Å²) in [5.41, 5.74) is -0.150. The lowest BCUT2D eigenvalue weighted by Gasteiger charge is -1.99. The van der Waals surface area contributed by atoms with Gasteiger partial charge < -0.3 is 0 Å². The number of hydrogen-bond donors (Lipinski definition) is 0. The van der Waals surface area contributed by atoms with Crippen LogP contribution in [0.25, 0.3) is 0 Å². The molecular formula is C7H4Cl2F2. The van der Waals surface area contributed by atoms with Crippen LogP contribution in [0.5, 0.6) is 0 Å². The average Bonchev–Trinajstić information content (AvgIpc) is 1.85. The van der Waals surface area contributed by atoms with Crippen LogP contribution in [0, 0.1) is 0 Å². The fourth-order valence-corrected chi connectivity index (χ4v) is 1.24. The average molecular weight is 197 g/mol. The van der Waals surface area contributed by atoms with Crippen molar-refractivity contribution in [1.82, 2.24) is 0 Å². The zero-order valence-corrected chi connectivity index (χ0v) is 6.83. The van der Waals surface area contributed by atoms with Gasteiger partial charge >= 0.3 is 0 Å². The molecule has 1 aromatic carbocycles. The third-order valence-corrected chi connectivity index (χ3v) is 1.57. The van der Waals surface area contributed by atoms with E-state index in [4.69, 9.17) is 23.2 Å². The first-order valence-electron chi connectivity index (χ1n) is 2.84. The Hall–Kier alpha value is -0.340. The van der Waals surface area contributed by atoms with Crippen LogP contribution in [0.3, 0.4) is 0 Å². The molecule has 0 heterocycles. The van der Waals surface area contributed by atoms with E-state index in [0.717, 1.165) is 0 Å². The summed E-state index contributed by atoms with van der Waals surface area (Å²) in [5, 5.41) is 0.459. The molecule has 0 atom stereocenters. The molecule has 0 nitrogen and oxygen atoms in total. The summed E-state index contributed by atoms with van der Waals surface area (Å²) in [7, 11) is 0. The Kier molecular flexibility index (Phi) is 2.68. The molecular weight excluding hydrogens is 193 g/mol. The van der Waals surface area contributed by atoms with E-state index in [0.29, 0.717) is 0 Å². The largest absolute Gasteiger partial charge is 0.263 e. The van der Waals surface area contributed by atoms with Gasteiger partial charge in [0.15, 0.2) is 0 Å². The summed E-state index contributed by atoms with van der Waals surface area (Å²) in [5.74, 6) is 0. The van der Waals surface area contributed by atoms with Crippen LogP contribution in [-0.4, -0.2) is 0 Å². The lowest BCUT2D eigenvalue weighted by molar-refractivity contribution is 0.151. The molecule has 0 unspecified atom stereocenters. The van der Waals surface area contributed by atoms with E-state index >= 15 is 0 Å². The normalized spacial score (nSPS) is 10.6. The van der Waals surface area contributed by atoms with Gasteiger partial charge in [0.25, 0.3) is 6.43 Å². The van der Waals surface area contributed by atoms with Crippen molar-refractivity contribution in [2.45, 2.75) is 6.43 Å². The molecule has 0 aliphatic heterocycles. The van der Waals surface area contributed by atoms with Gasteiger partial charge in [0.05, 0.1) is 0 Å². The smallest absolute Gasteiger partial charge is 0.205 e. The lowest BCUT2D eigenvalue weighted by atomic mass is 10.2. The highest BCUT2D eigenvalue weighted by molar-refractivity contribution is 6.34. The molecule has 11 heavy (non-hydrogen) atoms. The van der Waals surface area contributed by atoms with Crippen LogP contribution in [-0.2, 0) is 0 Å². The molecule has 0 N–H and O–H groups in total. The molecule has 0 aliphatic carbocycles. The minimum atomic E-state index is -2.52. The van der Waals surface area contributed by atoms with E-state index in [1.54, 1.807) is 0 Å². The molecule has 0 aliphatic rings. The van der Waals surface area contributed by atoms with E-state index in [1.807, 2.05) is 0 Å². The summed E-state index contributed by atoms with van der Waals surface area (Å²) >= 11 is 11.0. The molecule has 0 saturated carbocycles. The van der Waals surface area contributed by atoms with Gasteiger partial charge in [-0.25, -0.2) is 8.78 Å². The quantitative estimate of drug-likeness (QED) is 0.639. The SMILES string of the molecule is FC(F)c1cc(Cl)cc(Cl)c1. The fourth-order valence-electron chi connectivity index (χ4n) is 0.701. The molecule has 0 aromatic heterocycles. The van der Waals surface area contributed by atoms with Crippen molar-refractivity contribution in [3.8, 4) is 0 Å². The molecule has 0 fully saturated rings. The Morgan fingerprint density at radius 3 is 1.82 bits per heavy atom. The number of rotatable bonds is 1. The van der Waals surface area contributed by atoms with Crippen molar-refractivity contribution in [2.75, 3.05) is 0 Å². The highest BCUT2D eigenvalue weighted by Gasteiger charge is 2.07. The van der Waals surface area contributed by atoms with E-state index in [1.165, 1.54) is 18.2 Å². The van der Waals surface area contributed by atoms with Crippen molar-refractivity contribution in [3.63, 3.8) is 0 Å². The van der Waals surface area contributed by atoms with Gasteiger partial charge in [-0.15, -0.1) is 0 Å². The fraction of sp³-hybridized carbons (Fsp3) is 0.143. The number of benzene rings is 1. The second kappa shape index (κ2) is 3.37. The van der Waals surface area contributed by atoms with Crippen molar-refractivity contribution >= 4 is 23.2 Å². The summed E-state index contributed by atoms with van der Waals surface area (Å²) in [4.78, 5) is 0. The topological polar surface area (TPSA) is 0 Å². The molecule has 1 aromatic rings. The standard InChI is InChI=1S/C7H4Cl2F2/c8-5-1-4(7(10)11)2-6(9)3-5/h1-3,7H. The molecule has 1 rings (SSSR count). The minimum absolute atomic E-state index is 0.150. The van der Waals surface area contributed by atoms with Crippen molar-refractivity contribution in [3.05, 3.63) is 33.8 Å². The Morgan fingerprint density at radius 1 is 1.00 bits per heavy atom. The predicted molar refractivity (Wildman–Crippen MR) is 41.4 cm³/mol. The third-order valence-electron chi connectivity index (χ3n) is 1.14. The third kappa shape index (κ3) is 2.31. The first-order valence-corrected chi connectivity index (χ1v) is 3.59. The lowest BCUT2D eigenvalue weighted by Crippen LogP contribution is -1.82. The second-order valence-electron chi connectivity index (χ2n) is 2.00. The van der Waals surface area contributed by atoms with Crippen molar-refractivity contribution < 1.29 is 8.78 Å². The van der Waals surface area contributed by atoms with Crippen LogP contribution in [0.2, 0.25) is 10.0 Å². The first-order chi connectivity index (χ1) is 5.09. The summed E-state index contributed by atoms with van der Waals surface area (Å²) in [6.45, 7) is 0. The Bertz CT molecular complexity index is 240. The Labute approximate surface area is 72.7 Å². The van der Waals surface area contributed by atoms with Gasteiger partial charge in [0.1, 0.15) is 0 Å². The van der Waals surface area contributed by atoms with Crippen LogP contribution in [0.1, 0.15) is 12.0 Å². The van der Waals surface area contributed by atoms with Gasteiger partial charge in [0.2, 0.25) is 0 Å². The Balaban J connectivity index is 3.08. The molecule has 0 spiro atoms. The van der Waals surface area contributed by atoms with Gasteiger partial charge in [-0.1, -0.05) is 23.2 Å². The molecule has 0 saturated heterocycles. The zero-order valence-electron chi connectivity index (χ0n) is 5.32. The monoisotopic (exact) mass is 196 g/mol. The van der Waals surface area contributed by atoms with E-state index < -0.39 is 6.43 Å². The molecule has 60 valence electrons. The van der Waals surface area contributed by atoms with Gasteiger partial charge in [-0.2, -0.15) is 0 Å². The van der Waals surface area contributed by atoms with Crippen molar-refractivity contribution in [2.24, 2.45) is 0 Å². The number of halogens is 4. The highest BCUT2D eigenvalue weighted by atomic mass is 35.5. The van der Waals surface area contributed by atoms with E-state index in [-0.39, 0.29) is 15.6 Å². The van der Waals surface area contributed by atoms with Gasteiger partial charge in [-0.05, 0) is 18.2 Å². The number of hydrogen-bond acceptors (Lipinski definition) is 0. The zero-order chi connectivity index (χ0) is 8.43. The van der Waals surface area contributed by atoms with Crippen LogP contribution >= 0.6 is 23.2 Å². The van der Waals surface area contributed by atoms with Crippen molar-refractivity contribution in [1.29, 1.82) is 0 Å². The van der Waals surface area contributed by atoms with E-state index in [9.17, 15) is 8.78 Å². The van der Waals surface area contributed by atoms with Crippen LogP contribution < -0.4 is 0 Å². The van der Waals surface area contributed by atoms with Crippen LogP contribution in [0.4, 0.5) is 8.78 Å². The predicted octanol–water partition coefficient (Wildman–Crippen LogP) is 3.93. The minimum Gasteiger partial charge on any atom is -0.205 e. The molecule has 4 heteroatoms. The maximum absolute atomic E-state index is 12.0. The number of alkyl halides is 2. The summed E-state index contributed by atoms with van der Waals surface area (Å²) < 4.78 is 24.0. The first kappa shape index (κ1) is 8.75. The maximum Gasteiger partial charge on any atom is 0.263 e. The second-order valence-corrected chi connectivity index (χ2v) is 2.88. The Morgan fingerprint density at radius 2 is 1.45 bits per heavy atom. The molecule has 0 amide bonds. The highest BCUT2D eigenvalue weighted by Crippen LogP contribution is 2.25. The molecule has 0 radical (unpaired) electrons. The summed E-state index contributed by atoms with van der Waals surface area (Å²) in [6.07, 6.45) is -2.52. The maximum atomic E-state index is 12.0.